The average molecular weight is 555 g/mol. The van der Waals surface area contributed by atoms with Gasteiger partial charge in [-0.15, -0.1) is 0 Å². The molecule has 1 heterocycles. The molecule has 2 aromatic carbocycles. The van der Waals surface area contributed by atoms with E-state index in [1.165, 1.54) is 6.42 Å². The molecule has 4 nitrogen and oxygen atoms in total. The maximum atomic E-state index is 13.7. The molecule has 1 fully saturated rings. The Balaban J connectivity index is 1.52. The molecule has 0 radical (unpaired) electrons. The molecule has 35 heavy (non-hydrogen) atoms. The SMILES string of the molecule is CC1=NC2=C(C(=O)C[C@H](c3ccc(Cl)cc3)C2)[C@H](c2cccc(Br)c2)C1C(=O)OC1CCCCC1. The summed E-state index contributed by atoms with van der Waals surface area (Å²) in [6.45, 7) is 1.90. The van der Waals surface area contributed by atoms with Gasteiger partial charge in [-0.25, -0.2) is 0 Å². The number of hydrogen-bond acceptors (Lipinski definition) is 4. The van der Waals surface area contributed by atoms with E-state index in [2.05, 4.69) is 15.9 Å². The number of ketones is 1. The van der Waals surface area contributed by atoms with Gasteiger partial charge in [0.15, 0.2) is 5.78 Å². The first kappa shape index (κ1) is 24.5. The predicted molar refractivity (Wildman–Crippen MR) is 142 cm³/mol. The van der Waals surface area contributed by atoms with Crippen LogP contribution in [0, 0.1) is 5.92 Å². The molecule has 6 heteroatoms. The van der Waals surface area contributed by atoms with E-state index in [1.54, 1.807) is 0 Å². The Kier molecular flexibility index (Phi) is 7.26. The number of esters is 1. The fourth-order valence-corrected chi connectivity index (χ4v) is 6.36. The van der Waals surface area contributed by atoms with Crippen LogP contribution >= 0.6 is 27.5 Å². The van der Waals surface area contributed by atoms with Gasteiger partial charge in [-0.2, -0.15) is 0 Å². The molecule has 0 amide bonds. The Morgan fingerprint density at radius 1 is 1.03 bits per heavy atom. The van der Waals surface area contributed by atoms with Crippen LogP contribution in [0.4, 0.5) is 0 Å². The van der Waals surface area contributed by atoms with Gasteiger partial charge in [-0.1, -0.05) is 58.2 Å². The summed E-state index contributed by atoms with van der Waals surface area (Å²) in [5.74, 6) is -1.15. The zero-order valence-electron chi connectivity index (χ0n) is 19.8. The van der Waals surface area contributed by atoms with E-state index in [0.29, 0.717) is 23.4 Å². The minimum atomic E-state index is -0.596. The van der Waals surface area contributed by atoms with Crippen molar-refractivity contribution in [2.45, 2.75) is 69.8 Å². The number of ether oxygens (including phenoxy) is 1. The Morgan fingerprint density at radius 2 is 1.77 bits per heavy atom. The molecule has 0 aromatic heterocycles. The summed E-state index contributed by atoms with van der Waals surface area (Å²) in [7, 11) is 0. The summed E-state index contributed by atoms with van der Waals surface area (Å²) in [5.41, 5.74) is 4.21. The van der Waals surface area contributed by atoms with Crippen LogP contribution < -0.4 is 0 Å². The predicted octanol–water partition coefficient (Wildman–Crippen LogP) is 7.55. The Morgan fingerprint density at radius 3 is 2.49 bits per heavy atom. The first-order chi connectivity index (χ1) is 16.9. The summed E-state index contributed by atoms with van der Waals surface area (Å²) in [4.78, 5) is 32.2. The van der Waals surface area contributed by atoms with Crippen LogP contribution in [0.2, 0.25) is 5.02 Å². The highest BCUT2D eigenvalue weighted by atomic mass is 79.9. The molecule has 0 bridgehead atoms. The van der Waals surface area contributed by atoms with Crippen molar-refractivity contribution in [3.63, 3.8) is 0 Å². The van der Waals surface area contributed by atoms with Crippen LogP contribution in [-0.4, -0.2) is 23.6 Å². The van der Waals surface area contributed by atoms with Crippen molar-refractivity contribution >= 4 is 45.0 Å². The first-order valence-electron chi connectivity index (χ1n) is 12.4. The number of rotatable bonds is 4. The van der Waals surface area contributed by atoms with Crippen LogP contribution in [0.25, 0.3) is 0 Å². The molecule has 2 aliphatic carbocycles. The number of hydrogen-bond donors (Lipinski definition) is 0. The second kappa shape index (κ2) is 10.4. The van der Waals surface area contributed by atoms with Crippen LogP contribution in [0.3, 0.4) is 0 Å². The van der Waals surface area contributed by atoms with Crippen molar-refractivity contribution in [3.8, 4) is 0 Å². The standard InChI is InChI=1S/C29H29BrClNO3/c1-17-26(29(34)35-23-8-3-2-4-9-23)27(19-6-5-7-21(30)14-19)28-24(32-17)15-20(16-25(28)33)18-10-12-22(31)13-11-18/h5-7,10-14,20,23,26-27H,2-4,8-9,15-16H2,1H3/t20-,26?,27-/m1/s1. The smallest absolute Gasteiger partial charge is 0.315 e. The van der Waals surface area contributed by atoms with Gasteiger partial charge in [0.1, 0.15) is 12.0 Å². The maximum absolute atomic E-state index is 13.7. The number of aliphatic imine (C=N–C) groups is 1. The van der Waals surface area contributed by atoms with Crippen LogP contribution in [0.15, 0.2) is 69.3 Å². The summed E-state index contributed by atoms with van der Waals surface area (Å²) in [5, 5.41) is 0.677. The van der Waals surface area contributed by atoms with E-state index in [-0.39, 0.29) is 23.8 Å². The number of carbonyl (C=O) groups is 2. The third-order valence-electron chi connectivity index (χ3n) is 7.53. The van der Waals surface area contributed by atoms with Crippen molar-refractivity contribution in [1.82, 2.24) is 0 Å². The monoisotopic (exact) mass is 553 g/mol. The third-order valence-corrected chi connectivity index (χ3v) is 8.27. The van der Waals surface area contributed by atoms with Gasteiger partial charge in [-0.3, -0.25) is 14.6 Å². The van der Waals surface area contributed by atoms with E-state index in [9.17, 15) is 9.59 Å². The Bertz CT molecular complexity index is 1200. The highest BCUT2D eigenvalue weighted by molar-refractivity contribution is 9.10. The lowest BCUT2D eigenvalue weighted by molar-refractivity contribution is -0.153. The second-order valence-electron chi connectivity index (χ2n) is 9.90. The first-order valence-corrected chi connectivity index (χ1v) is 13.6. The zero-order chi connectivity index (χ0) is 24.5. The Labute approximate surface area is 219 Å². The lowest BCUT2D eigenvalue weighted by Gasteiger charge is -2.37. The van der Waals surface area contributed by atoms with Crippen molar-refractivity contribution in [1.29, 1.82) is 0 Å². The minimum absolute atomic E-state index is 0.0427. The molecule has 182 valence electrons. The van der Waals surface area contributed by atoms with Gasteiger partial charge < -0.3 is 4.74 Å². The van der Waals surface area contributed by atoms with E-state index in [4.69, 9.17) is 21.3 Å². The van der Waals surface area contributed by atoms with Gasteiger partial charge in [0.2, 0.25) is 0 Å². The molecular formula is C29H29BrClNO3. The lowest BCUT2D eigenvalue weighted by Crippen LogP contribution is -2.39. The number of Topliss-reactive ketones (excluding diaryl/α,β-unsaturated/α-hetero) is 1. The van der Waals surface area contributed by atoms with Crippen molar-refractivity contribution in [3.05, 3.63) is 80.4 Å². The van der Waals surface area contributed by atoms with Crippen LogP contribution in [0.5, 0.6) is 0 Å². The number of carbonyl (C=O) groups excluding carboxylic acids is 2. The minimum Gasteiger partial charge on any atom is -0.462 e. The van der Waals surface area contributed by atoms with Crippen molar-refractivity contribution < 1.29 is 14.3 Å². The Hall–Kier alpha value is -2.24. The number of halogens is 2. The van der Waals surface area contributed by atoms with Gasteiger partial charge >= 0.3 is 5.97 Å². The summed E-state index contributed by atoms with van der Waals surface area (Å²) >= 11 is 9.65. The molecule has 0 saturated heterocycles. The van der Waals surface area contributed by atoms with Gasteiger partial charge in [0.25, 0.3) is 0 Å². The fourth-order valence-electron chi connectivity index (χ4n) is 5.82. The normalized spacial score (nSPS) is 25.2. The average Bonchev–Trinajstić information content (AvgIpc) is 2.84. The van der Waals surface area contributed by atoms with E-state index in [0.717, 1.165) is 52.7 Å². The molecule has 1 saturated carbocycles. The van der Waals surface area contributed by atoms with Crippen molar-refractivity contribution in [2.24, 2.45) is 10.9 Å². The molecule has 3 aliphatic rings. The number of nitrogens with zero attached hydrogens (tertiary/aromatic N) is 1. The van der Waals surface area contributed by atoms with Crippen LogP contribution in [0.1, 0.15) is 74.8 Å². The highest BCUT2D eigenvalue weighted by Crippen LogP contribution is 2.47. The quantitative estimate of drug-likeness (QED) is 0.367. The molecule has 0 N–H and O–H groups in total. The maximum Gasteiger partial charge on any atom is 0.315 e. The highest BCUT2D eigenvalue weighted by Gasteiger charge is 2.45. The largest absolute Gasteiger partial charge is 0.462 e. The number of allylic oxidation sites excluding steroid dienone is 2. The topological polar surface area (TPSA) is 55.7 Å². The van der Waals surface area contributed by atoms with Crippen molar-refractivity contribution in [2.75, 3.05) is 0 Å². The van der Waals surface area contributed by atoms with E-state index < -0.39 is 11.8 Å². The van der Waals surface area contributed by atoms with Gasteiger partial charge in [0, 0.05) is 38.8 Å². The molecule has 2 aromatic rings. The molecule has 1 aliphatic heterocycles. The molecule has 3 atom stereocenters. The van der Waals surface area contributed by atoms with E-state index in [1.807, 2.05) is 55.5 Å². The lowest BCUT2D eigenvalue weighted by atomic mass is 9.69. The van der Waals surface area contributed by atoms with Gasteiger partial charge in [0.05, 0.1) is 0 Å². The van der Waals surface area contributed by atoms with Crippen LogP contribution in [-0.2, 0) is 14.3 Å². The molecular weight excluding hydrogens is 526 g/mol. The summed E-state index contributed by atoms with van der Waals surface area (Å²) < 4.78 is 6.94. The fraction of sp³-hybridized carbons (Fsp3) is 0.414. The molecule has 1 unspecified atom stereocenters. The zero-order valence-corrected chi connectivity index (χ0v) is 22.1. The summed E-state index contributed by atoms with van der Waals surface area (Å²) in [6.07, 6.45) is 6.20. The van der Waals surface area contributed by atoms with Gasteiger partial charge in [-0.05, 0) is 80.3 Å². The molecule has 0 spiro atoms. The third kappa shape index (κ3) is 5.17. The van der Waals surface area contributed by atoms with E-state index >= 15 is 0 Å². The second-order valence-corrected chi connectivity index (χ2v) is 11.3. The summed E-state index contributed by atoms with van der Waals surface area (Å²) in [6, 6.07) is 15.6. The molecule has 5 rings (SSSR count). The number of benzene rings is 2.